The van der Waals surface area contributed by atoms with Crippen LogP contribution in [0, 0.1) is 5.92 Å². The highest BCUT2D eigenvalue weighted by Gasteiger charge is 2.42. The highest BCUT2D eigenvalue weighted by molar-refractivity contribution is 8.26. The monoisotopic (exact) mass is 311 g/mol. The Bertz CT molecular complexity index is 182. The molecule has 0 bridgehead atoms. The molecule has 1 unspecified atom stereocenters. The van der Waals surface area contributed by atoms with Crippen LogP contribution in [0.4, 0.5) is 0 Å². The van der Waals surface area contributed by atoms with Crippen molar-refractivity contribution in [3.05, 3.63) is 0 Å². The molecule has 0 saturated carbocycles. The highest BCUT2D eigenvalue weighted by atomic mass is 32.4. The standard InChI is InChI=1S/C13H30O3SSi.H3N/c1-6-11-13(7-2)12-17-18(14-8-3,15-9-4)16-10-5;/h13H,6-12H2,1-5H3;1H3. The number of hydrogen-bond donors (Lipinski definition) is 1. The molecule has 0 radical (unpaired) electrons. The Hall–Kier alpha value is 0.407. The molecule has 19 heavy (non-hydrogen) atoms. The van der Waals surface area contributed by atoms with Crippen LogP contribution in [-0.4, -0.2) is 33.5 Å². The average Bonchev–Trinajstić information content (AvgIpc) is 2.35. The fourth-order valence-electron chi connectivity index (χ4n) is 1.81. The molecule has 0 rings (SSSR count). The van der Waals surface area contributed by atoms with Gasteiger partial charge in [0.2, 0.25) is 0 Å². The van der Waals surface area contributed by atoms with Gasteiger partial charge in [-0.1, -0.05) is 37.9 Å². The Labute approximate surface area is 124 Å². The van der Waals surface area contributed by atoms with Gasteiger partial charge in [0.05, 0.1) is 0 Å². The van der Waals surface area contributed by atoms with E-state index in [0.717, 1.165) is 11.7 Å². The first-order chi connectivity index (χ1) is 8.67. The molecule has 0 aliphatic heterocycles. The molecular formula is C13H33NO3SSi. The largest absolute Gasteiger partial charge is 0.573 e. The second-order valence-electron chi connectivity index (χ2n) is 4.17. The third-order valence-electron chi connectivity index (χ3n) is 2.73. The Morgan fingerprint density at radius 1 is 0.895 bits per heavy atom. The predicted molar refractivity (Wildman–Crippen MR) is 86.8 cm³/mol. The third-order valence-corrected chi connectivity index (χ3v) is 8.27. The Kier molecular flexibility index (Phi) is 15.3. The van der Waals surface area contributed by atoms with Crippen molar-refractivity contribution >= 4 is 19.2 Å². The van der Waals surface area contributed by atoms with E-state index in [1.165, 1.54) is 19.3 Å². The van der Waals surface area contributed by atoms with Crippen LogP contribution in [0.3, 0.4) is 0 Å². The highest BCUT2D eigenvalue weighted by Crippen LogP contribution is 2.29. The van der Waals surface area contributed by atoms with Crippen LogP contribution in [0.25, 0.3) is 0 Å². The van der Waals surface area contributed by atoms with Crippen LogP contribution in [0.5, 0.6) is 0 Å². The maximum atomic E-state index is 5.84. The fraction of sp³-hybridized carbons (Fsp3) is 1.00. The normalized spacial score (nSPS) is 13.1. The minimum atomic E-state index is -2.49. The maximum Gasteiger partial charge on any atom is 0.573 e. The molecule has 0 aromatic carbocycles. The second kappa shape index (κ2) is 13.4. The summed E-state index contributed by atoms with van der Waals surface area (Å²) in [6.45, 7) is 12.5. The second-order valence-corrected chi connectivity index (χ2v) is 9.03. The van der Waals surface area contributed by atoms with Gasteiger partial charge in [0.15, 0.2) is 0 Å². The van der Waals surface area contributed by atoms with Gasteiger partial charge in [0.25, 0.3) is 0 Å². The van der Waals surface area contributed by atoms with E-state index in [-0.39, 0.29) is 6.15 Å². The molecule has 1 atom stereocenters. The van der Waals surface area contributed by atoms with Gasteiger partial charge in [-0.15, -0.1) is 0 Å². The summed E-state index contributed by atoms with van der Waals surface area (Å²) in [5.41, 5.74) is 0. The average molecular weight is 312 g/mol. The first kappa shape index (κ1) is 21.7. The molecule has 118 valence electrons. The van der Waals surface area contributed by atoms with Gasteiger partial charge in [0, 0.05) is 19.8 Å². The summed E-state index contributed by atoms with van der Waals surface area (Å²) in [4.78, 5) is 0. The lowest BCUT2D eigenvalue weighted by atomic mass is 10.0. The lowest BCUT2D eigenvalue weighted by Gasteiger charge is -2.28. The van der Waals surface area contributed by atoms with Gasteiger partial charge in [-0.2, -0.15) is 0 Å². The van der Waals surface area contributed by atoms with Crippen LogP contribution in [-0.2, 0) is 13.3 Å². The molecule has 0 aromatic heterocycles. The number of hydrogen-bond acceptors (Lipinski definition) is 5. The topological polar surface area (TPSA) is 62.7 Å². The molecule has 3 N–H and O–H groups in total. The Morgan fingerprint density at radius 2 is 1.37 bits per heavy atom. The molecule has 0 aromatic rings. The van der Waals surface area contributed by atoms with Crippen molar-refractivity contribution in [2.45, 2.75) is 53.9 Å². The van der Waals surface area contributed by atoms with Crippen molar-refractivity contribution in [2.24, 2.45) is 5.92 Å². The van der Waals surface area contributed by atoms with Crippen LogP contribution in [0.1, 0.15) is 53.9 Å². The summed E-state index contributed by atoms with van der Waals surface area (Å²) in [6.07, 6.45) is 3.74. The van der Waals surface area contributed by atoms with E-state index in [0.29, 0.717) is 19.8 Å². The lowest BCUT2D eigenvalue weighted by molar-refractivity contribution is 0.0965. The molecule has 4 nitrogen and oxygen atoms in total. The minimum absolute atomic E-state index is 0. The van der Waals surface area contributed by atoms with Gasteiger partial charge < -0.3 is 19.4 Å². The third kappa shape index (κ3) is 9.04. The van der Waals surface area contributed by atoms with Crippen molar-refractivity contribution in [3.63, 3.8) is 0 Å². The quantitative estimate of drug-likeness (QED) is 0.546. The molecule has 0 fully saturated rings. The molecule has 0 heterocycles. The van der Waals surface area contributed by atoms with Crippen molar-refractivity contribution in [1.29, 1.82) is 0 Å². The molecule has 0 aliphatic rings. The zero-order valence-corrected chi connectivity index (χ0v) is 15.2. The van der Waals surface area contributed by atoms with Gasteiger partial charge in [-0.3, -0.25) is 0 Å². The van der Waals surface area contributed by atoms with E-state index in [2.05, 4.69) is 13.8 Å². The van der Waals surface area contributed by atoms with Crippen molar-refractivity contribution in [2.75, 3.05) is 25.6 Å². The molecule has 6 heteroatoms. The van der Waals surface area contributed by atoms with Gasteiger partial charge >= 0.3 is 7.95 Å². The molecule has 0 amide bonds. The first-order valence-corrected chi connectivity index (χ1v) is 10.7. The van der Waals surface area contributed by atoms with Gasteiger partial charge in [-0.25, -0.2) is 0 Å². The summed E-state index contributed by atoms with van der Waals surface area (Å²) in [7, 11) is -2.49. The smallest absolute Gasteiger partial charge is 0.366 e. The Morgan fingerprint density at radius 3 is 1.68 bits per heavy atom. The summed E-state index contributed by atoms with van der Waals surface area (Å²) in [6, 6.07) is 0. The van der Waals surface area contributed by atoms with Gasteiger partial charge in [-0.05, 0) is 38.9 Å². The van der Waals surface area contributed by atoms with Crippen LogP contribution in [0.15, 0.2) is 0 Å². The van der Waals surface area contributed by atoms with E-state index in [4.69, 9.17) is 13.3 Å². The molecular weight excluding hydrogens is 278 g/mol. The summed E-state index contributed by atoms with van der Waals surface area (Å²) in [5, 5.41) is 0. The van der Waals surface area contributed by atoms with E-state index >= 15 is 0 Å². The maximum absolute atomic E-state index is 5.84. The molecule has 0 saturated heterocycles. The van der Waals surface area contributed by atoms with Crippen molar-refractivity contribution < 1.29 is 13.3 Å². The minimum Gasteiger partial charge on any atom is -0.366 e. The molecule has 0 spiro atoms. The van der Waals surface area contributed by atoms with Crippen LogP contribution < -0.4 is 6.15 Å². The summed E-state index contributed by atoms with van der Waals surface area (Å²) >= 11 is 1.79. The zero-order valence-electron chi connectivity index (χ0n) is 13.4. The zero-order chi connectivity index (χ0) is 13.9. The summed E-state index contributed by atoms with van der Waals surface area (Å²) in [5.74, 6) is 1.82. The van der Waals surface area contributed by atoms with Crippen LogP contribution >= 0.6 is 11.2 Å². The van der Waals surface area contributed by atoms with E-state index in [1.807, 2.05) is 20.8 Å². The lowest BCUT2D eigenvalue weighted by Crippen LogP contribution is -2.43. The summed E-state index contributed by atoms with van der Waals surface area (Å²) < 4.78 is 17.5. The number of rotatable bonds is 12. The first-order valence-electron chi connectivity index (χ1n) is 7.23. The Balaban J connectivity index is 0. The van der Waals surface area contributed by atoms with E-state index in [9.17, 15) is 0 Å². The SMILES string of the molecule is CCCC(CC)CS[Si](OCC)(OCC)OCC.N. The van der Waals surface area contributed by atoms with Crippen molar-refractivity contribution in [1.82, 2.24) is 6.15 Å². The van der Waals surface area contributed by atoms with E-state index in [1.54, 1.807) is 11.2 Å². The van der Waals surface area contributed by atoms with Gasteiger partial charge in [0.1, 0.15) is 0 Å². The van der Waals surface area contributed by atoms with E-state index < -0.39 is 7.95 Å². The fourth-order valence-corrected chi connectivity index (χ4v) is 7.35. The van der Waals surface area contributed by atoms with Crippen LogP contribution in [0.2, 0.25) is 0 Å². The molecule has 0 aliphatic carbocycles. The van der Waals surface area contributed by atoms with Crippen molar-refractivity contribution in [3.8, 4) is 0 Å². The predicted octanol–water partition coefficient (Wildman–Crippen LogP) is 4.25.